The van der Waals surface area contributed by atoms with E-state index in [0.29, 0.717) is 19.1 Å². The van der Waals surface area contributed by atoms with Gasteiger partial charge in [-0.05, 0) is 18.8 Å². The van der Waals surface area contributed by atoms with Crippen molar-refractivity contribution >= 4 is 5.91 Å². The first-order valence-electron chi connectivity index (χ1n) is 5.57. The maximum absolute atomic E-state index is 12.0. The molecule has 0 aliphatic heterocycles. The molecule has 0 atom stereocenters. The molecule has 0 unspecified atom stereocenters. The van der Waals surface area contributed by atoms with Gasteiger partial charge in [0, 0.05) is 20.2 Å². The highest BCUT2D eigenvalue weighted by Crippen LogP contribution is 2.34. The van der Waals surface area contributed by atoms with Crippen molar-refractivity contribution in [1.82, 2.24) is 4.90 Å². The van der Waals surface area contributed by atoms with Crippen LogP contribution in [0.1, 0.15) is 26.7 Å². The molecule has 0 aromatic rings. The van der Waals surface area contributed by atoms with Gasteiger partial charge in [-0.3, -0.25) is 4.79 Å². The average Bonchev–Trinajstić information content (AvgIpc) is 2.90. The van der Waals surface area contributed by atoms with Crippen molar-refractivity contribution < 1.29 is 9.53 Å². The zero-order chi connectivity index (χ0) is 11.5. The zero-order valence-corrected chi connectivity index (χ0v) is 9.95. The second-order valence-electron chi connectivity index (χ2n) is 4.79. The van der Waals surface area contributed by atoms with E-state index < -0.39 is 5.54 Å². The molecule has 1 saturated carbocycles. The van der Waals surface area contributed by atoms with Crippen LogP contribution in [0.15, 0.2) is 0 Å². The molecule has 0 aromatic heterocycles. The second kappa shape index (κ2) is 4.94. The van der Waals surface area contributed by atoms with Crippen molar-refractivity contribution in [1.29, 1.82) is 0 Å². The molecule has 1 fully saturated rings. The lowest BCUT2D eigenvalue weighted by atomic mass is 10.1. The van der Waals surface area contributed by atoms with Gasteiger partial charge in [0.15, 0.2) is 0 Å². The zero-order valence-electron chi connectivity index (χ0n) is 9.95. The Morgan fingerprint density at radius 2 is 2.13 bits per heavy atom. The van der Waals surface area contributed by atoms with E-state index in [9.17, 15) is 4.79 Å². The Morgan fingerprint density at radius 3 is 2.53 bits per heavy atom. The third kappa shape index (κ3) is 3.47. The van der Waals surface area contributed by atoms with Crippen LogP contribution in [-0.2, 0) is 9.53 Å². The van der Waals surface area contributed by atoms with E-state index in [1.54, 1.807) is 7.11 Å². The van der Waals surface area contributed by atoms with Crippen molar-refractivity contribution in [3.63, 3.8) is 0 Å². The van der Waals surface area contributed by atoms with E-state index in [-0.39, 0.29) is 5.91 Å². The molecule has 1 aliphatic rings. The Morgan fingerprint density at radius 1 is 1.53 bits per heavy atom. The van der Waals surface area contributed by atoms with Gasteiger partial charge in [-0.2, -0.15) is 0 Å². The van der Waals surface area contributed by atoms with Crippen molar-refractivity contribution in [2.45, 2.75) is 32.2 Å². The molecular weight excluding hydrogens is 192 g/mol. The van der Waals surface area contributed by atoms with Gasteiger partial charge in [-0.25, -0.2) is 0 Å². The first kappa shape index (κ1) is 12.5. The quantitative estimate of drug-likeness (QED) is 0.704. The summed E-state index contributed by atoms with van der Waals surface area (Å²) in [4.78, 5) is 13.8. The molecule has 4 nitrogen and oxygen atoms in total. The molecule has 88 valence electrons. The highest BCUT2D eigenvalue weighted by Gasteiger charge is 2.48. The van der Waals surface area contributed by atoms with Crippen LogP contribution in [0.5, 0.6) is 0 Å². The molecular formula is C11H22N2O2. The highest BCUT2D eigenvalue weighted by molar-refractivity contribution is 5.89. The Hall–Kier alpha value is -0.610. The molecule has 0 radical (unpaired) electrons. The van der Waals surface area contributed by atoms with Crippen LogP contribution in [-0.4, -0.2) is 43.2 Å². The van der Waals surface area contributed by atoms with E-state index >= 15 is 0 Å². The number of amides is 1. The van der Waals surface area contributed by atoms with Crippen molar-refractivity contribution in [2.24, 2.45) is 11.7 Å². The fourth-order valence-electron chi connectivity index (χ4n) is 1.58. The molecule has 15 heavy (non-hydrogen) atoms. The second-order valence-corrected chi connectivity index (χ2v) is 4.79. The summed E-state index contributed by atoms with van der Waals surface area (Å²) in [5.41, 5.74) is 5.35. The van der Waals surface area contributed by atoms with Gasteiger partial charge >= 0.3 is 0 Å². The maximum Gasteiger partial charge on any atom is 0.242 e. The van der Waals surface area contributed by atoms with Crippen molar-refractivity contribution in [3.8, 4) is 0 Å². The SMILES string of the molecule is COCCN(CC(C)C)C(=O)C1(N)CC1. The lowest BCUT2D eigenvalue weighted by molar-refractivity contribution is -0.134. The van der Waals surface area contributed by atoms with E-state index in [0.717, 1.165) is 19.4 Å². The van der Waals surface area contributed by atoms with E-state index in [1.807, 2.05) is 4.90 Å². The number of nitrogens with zero attached hydrogens (tertiary/aromatic N) is 1. The van der Waals surface area contributed by atoms with Crippen LogP contribution in [0, 0.1) is 5.92 Å². The monoisotopic (exact) mass is 214 g/mol. The van der Waals surface area contributed by atoms with Gasteiger partial charge in [0.2, 0.25) is 5.91 Å². The topological polar surface area (TPSA) is 55.6 Å². The molecule has 1 rings (SSSR count). The Bertz CT molecular complexity index is 225. The van der Waals surface area contributed by atoms with Gasteiger partial charge in [0.05, 0.1) is 12.1 Å². The van der Waals surface area contributed by atoms with Crippen LogP contribution in [0.4, 0.5) is 0 Å². The number of methoxy groups -OCH3 is 1. The van der Waals surface area contributed by atoms with E-state index in [1.165, 1.54) is 0 Å². The van der Waals surface area contributed by atoms with E-state index in [4.69, 9.17) is 10.5 Å². The Labute approximate surface area is 91.8 Å². The molecule has 0 heterocycles. The maximum atomic E-state index is 12.0. The number of carbonyl (C=O) groups excluding carboxylic acids is 1. The highest BCUT2D eigenvalue weighted by atomic mass is 16.5. The number of hydrogen-bond acceptors (Lipinski definition) is 3. The summed E-state index contributed by atoms with van der Waals surface area (Å²) in [5, 5.41) is 0. The van der Waals surface area contributed by atoms with E-state index in [2.05, 4.69) is 13.8 Å². The van der Waals surface area contributed by atoms with Crippen molar-refractivity contribution in [3.05, 3.63) is 0 Å². The molecule has 1 aliphatic carbocycles. The van der Waals surface area contributed by atoms with Crippen LogP contribution in [0.25, 0.3) is 0 Å². The van der Waals surface area contributed by atoms with Crippen LogP contribution < -0.4 is 5.73 Å². The molecule has 0 aromatic carbocycles. The van der Waals surface area contributed by atoms with Gasteiger partial charge in [-0.1, -0.05) is 13.8 Å². The number of carbonyl (C=O) groups is 1. The molecule has 0 spiro atoms. The summed E-state index contributed by atoms with van der Waals surface area (Å²) in [6, 6.07) is 0. The fraction of sp³-hybridized carbons (Fsp3) is 0.909. The predicted molar refractivity (Wildman–Crippen MR) is 59.4 cm³/mol. The summed E-state index contributed by atoms with van der Waals surface area (Å²) in [6.45, 7) is 6.19. The predicted octanol–water partition coefficient (Wildman–Crippen LogP) is 0.609. The first-order valence-corrected chi connectivity index (χ1v) is 5.57. The van der Waals surface area contributed by atoms with Crippen LogP contribution in [0.3, 0.4) is 0 Å². The lowest BCUT2D eigenvalue weighted by Crippen LogP contribution is -2.48. The summed E-state index contributed by atoms with van der Waals surface area (Å²) >= 11 is 0. The molecule has 0 bridgehead atoms. The third-order valence-electron chi connectivity index (χ3n) is 2.65. The number of hydrogen-bond donors (Lipinski definition) is 1. The Balaban J connectivity index is 2.50. The third-order valence-corrected chi connectivity index (χ3v) is 2.65. The molecule has 0 saturated heterocycles. The smallest absolute Gasteiger partial charge is 0.242 e. The Kier molecular flexibility index (Phi) is 4.11. The summed E-state index contributed by atoms with van der Waals surface area (Å²) < 4.78 is 5.00. The van der Waals surface area contributed by atoms with Gasteiger partial charge in [0.1, 0.15) is 0 Å². The minimum Gasteiger partial charge on any atom is -0.383 e. The molecule has 2 N–H and O–H groups in total. The van der Waals surface area contributed by atoms with Gasteiger partial charge in [-0.15, -0.1) is 0 Å². The average molecular weight is 214 g/mol. The molecule has 1 amide bonds. The largest absolute Gasteiger partial charge is 0.383 e. The first-order chi connectivity index (χ1) is 6.99. The number of rotatable bonds is 6. The molecule has 4 heteroatoms. The standard InChI is InChI=1S/C11H22N2O2/c1-9(2)8-13(6-7-15-3)10(14)11(12)4-5-11/h9H,4-8,12H2,1-3H3. The summed E-state index contributed by atoms with van der Waals surface area (Å²) in [6.07, 6.45) is 1.65. The van der Waals surface area contributed by atoms with Gasteiger partial charge in [0.25, 0.3) is 0 Å². The fourth-order valence-corrected chi connectivity index (χ4v) is 1.58. The lowest BCUT2D eigenvalue weighted by Gasteiger charge is -2.27. The van der Waals surface area contributed by atoms with Crippen LogP contribution >= 0.6 is 0 Å². The minimum absolute atomic E-state index is 0.0910. The minimum atomic E-state index is -0.553. The summed E-state index contributed by atoms with van der Waals surface area (Å²) in [7, 11) is 1.65. The normalized spacial score (nSPS) is 17.9. The van der Waals surface area contributed by atoms with Gasteiger partial charge < -0.3 is 15.4 Å². The number of ether oxygens (including phenoxy) is 1. The van der Waals surface area contributed by atoms with Crippen LogP contribution in [0.2, 0.25) is 0 Å². The summed E-state index contributed by atoms with van der Waals surface area (Å²) in [5.74, 6) is 0.557. The number of nitrogens with two attached hydrogens (primary N) is 1. The van der Waals surface area contributed by atoms with Crippen molar-refractivity contribution in [2.75, 3.05) is 26.8 Å².